The van der Waals surface area contributed by atoms with Crippen LogP contribution in [-0.2, 0) is 56.8 Å². The Morgan fingerprint density at radius 3 is 1.67 bits per heavy atom. The van der Waals surface area contributed by atoms with E-state index < -0.39 is 97.4 Å². The van der Waals surface area contributed by atoms with Crippen LogP contribution in [0.1, 0.15) is 146 Å². The van der Waals surface area contributed by atoms with E-state index in [0.29, 0.717) is 48.3 Å². The summed E-state index contributed by atoms with van der Waals surface area (Å²) in [6, 6.07) is 43.1. The van der Waals surface area contributed by atoms with Crippen LogP contribution in [0.3, 0.4) is 0 Å². The highest BCUT2D eigenvalue weighted by atomic mass is 16.8. The van der Waals surface area contributed by atoms with Gasteiger partial charge in [-0.05, 0) is 147 Å². The van der Waals surface area contributed by atoms with Crippen LogP contribution in [-0.4, -0.2) is 116 Å². The number of hydrogen-bond donors (Lipinski definition) is 0. The lowest BCUT2D eigenvalue weighted by Gasteiger charge is -2.59. The molecule has 1 spiro atoms. The molecule has 90 heavy (non-hydrogen) atoms. The third-order valence-corrected chi connectivity index (χ3v) is 22.0. The number of ether oxygens (including phenoxy) is 12. The highest BCUT2D eigenvalue weighted by Gasteiger charge is 2.69. The van der Waals surface area contributed by atoms with E-state index in [1.807, 2.05) is 36.4 Å². The Bertz CT molecular complexity index is 3380. The van der Waals surface area contributed by atoms with E-state index in [4.69, 9.17) is 56.8 Å². The normalized spacial score (nSPS) is 39.2. The van der Waals surface area contributed by atoms with Gasteiger partial charge >= 0.3 is 23.9 Å². The smallest absolute Gasteiger partial charge is 0.338 e. The average Bonchev–Trinajstić information content (AvgIpc) is 1.50. The molecule has 0 bridgehead atoms. The fraction of sp³-hybridized carbons (Fsp3) is 0.514. The monoisotopic (exact) mass is 1230 g/mol. The second-order valence-electron chi connectivity index (χ2n) is 27.3. The van der Waals surface area contributed by atoms with Gasteiger partial charge < -0.3 is 56.8 Å². The summed E-state index contributed by atoms with van der Waals surface area (Å²) in [5, 5.41) is 0. The molecule has 5 aliphatic heterocycles. The van der Waals surface area contributed by atoms with Gasteiger partial charge in [-0.25, -0.2) is 19.2 Å². The second kappa shape index (κ2) is 25.1. The van der Waals surface area contributed by atoms with Gasteiger partial charge in [0, 0.05) is 17.9 Å². The van der Waals surface area contributed by atoms with E-state index >= 15 is 0 Å². The Kier molecular flexibility index (Phi) is 17.0. The molecule has 9 aliphatic rings. The average molecular weight is 1230 g/mol. The molecule has 5 aromatic rings. The quantitative estimate of drug-likeness (QED) is 0.0617. The number of rotatable bonds is 13. The van der Waals surface area contributed by atoms with E-state index in [1.54, 1.807) is 122 Å². The van der Waals surface area contributed by atoms with Crippen LogP contribution in [0.4, 0.5) is 0 Å². The first-order chi connectivity index (χ1) is 43.7. The van der Waals surface area contributed by atoms with Gasteiger partial charge in [0.25, 0.3) is 0 Å². The Morgan fingerprint density at radius 1 is 0.522 bits per heavy atom. The molecule has 16 heteroatoms. The van der Waals surface area contributed by atoms with E-state index in [1.165, 1.54) is 5.57 Å². The summed E-state index contributed by atoms with van der Waals surface area (Å²) in [5.41, 5.74) is 3.06. The number of allylic oxidation sites excluding steroid dienone is 1. The van der Waals surface area contributed by atoms with Crippen molar-refractivity contribution in [2.24, 2.45) is 46.3 Å². The van der Waals surface area contributed by atoms with E-state index in [-0.39, 0.29) is 51.9 Å². The Morgan fingerprint density at radius 2 is 1.08 bits per heavy atom. The molecule has 5 aromatic carbocycles. The van der Waals surface area contributed by atoms with Crippen molar-refractivity contribution in [1.82, 2.24) is 0 Å². The SMILES string of the molecule is CC1OC(OC2C(OC(=O)c3ccccc3)[C@@H]3OC(c4ccccc4)OCC3O[C@H]2O[C@H]2CC[C@@]3(C)C(=CC[C@H]4[C@@H]5C[C@@H]6O[C@]7(CC[C@@H](C)CO7)[C@@H](C)[C@@H]6[C@@]5(C)CC[C@@H]43)C2)C(OC(=O)c2ccccc2)C(OC(=O)c2ccccc2)C1OC(=O)c1ccccc1. The summed E-state index contributed by atoms with van der Waals surface area (Å²) in [5.74, 6) is -0.555. The van der Waals surface area contributed by atoms with Crippen molar-refractivity contribution in [2.75, 3.05) is 13.2 Å². The molecule has 16 nitrogen and oxygen atoms in total. The molecule has 5 heterocycles. The molecule has 22 atom stereocenters. The zero-order valence-electron chi connectivity index (χ0n) is 51.8. The van der Waals surface area contributed by atoms with Gasteiger partial charge in [-0.2, -0.15) is 0 Å². The number of carbonyl (C=O) groups excluding carboxylic acids is 4. The summed E-state index contributed by atoms with van der Waals surface area (Å²) in [6.45, 7) is 12.2. The lowest BCUT2D eigenvalue weighted by atomic mass is 9.47. The van der Waals surface area contributed by atoms with Gasteiger partial charge in [-0.1, -0.05) is 142 Å². The van der Waals surface area contributed by atoms with E-state index in [0.717, 1.165) is 57.1 Å². The van der Waals surface area contributed by atoms with Gasteiger partial charge in [-0.3, -0.25) is 0 Å². The van der Waals surface area contributed by atoms with Gasteiger partial charge in [0.1, 0.15) is 12.2 Å². The first-order valence-corrected chi connectivity index (χ1v) is 32.7. The van der Waals surface area contributed by atoms with Gasteiger partial charge in [0.05, 0.1) is 53.8 Å². The van der Waals surface area contributed by atoms with Crippen molar-refractivity contribution in [2.45, 2.75) is 178 Å². The molecule has 474 valence electrons. The minimum atomic E-state index is -1.65. The van der Waals surface area contributed by atoms with Crippen molar-refractivity contribution in [1.29, 1.82) is 0 Å². The molecule has 0 radical (unpaired) electrons. The highest BCUT2D eigenvalue weighted by molar-refractivity contribution is 5.91. The number of carbonyl (C=O) groups is 4. The topological polar surface area (TPSA) is 179 Å². The van der Waals surface area contributed by atoms with Gasteiger partial charge in [0.15, 0.2) is 55.2 Å². The lowest BCUT2D eigenvalue weighted by Crippen LogP contribution is -2.67. The first-order valence-electron chi connectivity index (χ1n) is 32.7. The van der Waals surface area contributed by atoms with Crippen LogP contribution in [0.15, 0.2) is 163 Å². The summed E-state index contributed by atoms with van der Waals surface area (Å²) in [7, 11) is 0. The van der Waals surface area contributed by atoms with Gasteiger partial charge in [-0.15, -0.1) is 0 Å². The molecule has 3 saturated carbocycles. The molecule has 5 saturated heterocycles. The van der Waals surface area contributed by atoms with E-state index in [9.17, 15) is 19.2 Å². The molecule has 0 amide bonds. The van der Waals surface area contributed by atoms with Crippen molar-refractivity contribution in [3.8, 4) is 0 Å². The lowest BCUT2D eigenvalue weighted by molar-refractivity contribution is -0.394. The third kappa shape index (κ3) is 11.4. The minimum absolute atomic E-state index is 0.0340. The molecule has 0 aromatic heterocycles. The predicted molar refractivity (Wildman–Crippen MR) is 327 cm³/mol. The Labute approximate surface area is 526 Å². The predicted octanol–water partition coefficient (Wildman–Crippen LogP) is 12.6. The fourth-order valence-electron chi connectivity index (χ4n) is 17.4. The van der Waals surface area contributed by atoms with Crippen molar-refractivity contribution in [3.05, 3.63) is 191 Å². The summed E-state index contributed by atoms with van der Waals surface area (Å²) < 4.78 is 81.6. The highest BCUT2D eigenvalue weighted by Crippen LogP contribution is 2.71. The van der Waals surface area contributed by atoms with Crippen LogP contribution in [0, 0.1) is 46.3 Å². The number of benzene rings is 5. The zero-order chi connectivity index (χ0) is 61.9. The zero-order valence-corrected chi connectivity index (χ0v) is 51.8. The molecule has 4 aliphatic carbocycles. The standard InChI is InChI=1S/C74H82O16/c1-43-33-38-74(80-41-43)44(2)58-56(90-74)40-55-53-32-31-51-39-52(34-36-72(51,4)54(53)35-37-73(55,58)5)82-71-64(62(86-67(77)48-25-15-8-16-26-48)60-57(83-71)42-79-69(88-60)50-29-19-10-20-30-50)89-70-63(87-68(78)49-27-17-9-18-28-49)61(85-66(76)47-23-13-7-14-24-47)59(45(3)81-70)84-65(75)46-21-11-6-12-22-46/h6-31,43-45,52-64,69-71H,32-42H2,1-5H3/t43-,44+,45?,52+,53-,54+,55+,56+,57?,58+,59?,60-,61?,62?,63?,64?,69?,70?,71-,72+,73+,74-/m1/s1. The fourth-order valence-corrected chi connectivity index (χ4v) is 17.4. The van der Waals surface area contributed by atoms with Gasteiger partial charge in [0.2, 0.25) is 0 Å². The summed E-state index contributed by atoms with van der Waals surface area (Å²) >= 11 is 0. The van der Waals surface area contributed by atoms with Crippen LogP contribution in [0.5, 0.6) is 0 Å². The summed E-state index contributed by atoms with van der Waals surface area (Å²) in [6.07, 6.45) is -3.06. The largest absolute Gasteiger partial charge is 0.453 e. The molecule has 8 fully saturated rings. The first kappa shape index (κ1) is 60.9. The summed E-state index contributed by atoms with van der Waals surface area (Å²) in [4.78, 5) is 57.9. The molecular formula is C74H82O16. The van der Waals surface area contributed by atoms with Crippen LogP contribution >= 0.6 is 0 Å². The Balaban J connectivity index is 0.804. The molecular weight excluding hydrogens is 1140 g/mol. The molecule has 14 rings (SSSR count). The van der Waals surface area contributed by atoms with Crippen LogP contribution in [0.2, 0.25) is 0 Å². The van der Waals surface area contributed by atoms with E-state index in [2.05, 4.69) is 33.8 Å². The maximum absolute atomic E-state index is 14.7. The maximum atomic E-state index is 14.7. The molecule has 9 unspecified atom stereocenters. The number of fused-ring (bicyclic) bond motifs is 8. The third-order valence-electron chi connectivity index (χ3n) is 22.0. The van der Waals surface area contributed by atoms with Crippen molar-refractivity contribution < 1.29 is 76.0 Å². The second-order valence-corrected chi connectivity index (χ2v) is 27.3. The van der Waals surface area contributed by atoms with Crippen molar-refractivity contribution in [3.63, 3.8) is 0 Å². The Hall–Kier alpha value is -6.60. The minimum Gasteiger partial charge on any atom is -0.453 e. The molecule has 0 N–H and O–H groups in total. The van der Waals surface area contributed by atoms with Crippen LogP contribution in [0.25, 0.3) is 0 Å². The maximum Gasteiger partial charge on any atom is 0.338 e. The van der Waals surface area contributed by atoms with Crippen LogP contribution < -0.4 is 0 Å². The number of esters is 4. The van der Waals surface area contributed by atoms with Crippen molar-refractivity contribution >= 4 is 23.9 Å². The number of hydrogen-bond acceptors (Lipinski definition) is 16.